The monoisotopic (exact) mass is 446 g/mol. The number of anilines is 4. The molecule has 0 aliphatic heterocycles. The molecule has 0 saturated heterocycles. The molecule has 0 aliphatic carbocycles. The normalized spacial score (nSPS) is 12.2. The van der Waals surface area contributed by atoms with Crippen molar-refractivity contribution in [2.45, 2.75) is 39.5 Å². The second kappa shape index (κ2) is 10.2. The second-order valence-electron chi connectivity index (χ2n) is 7.03. The van der Waals surface area contributed by atoms with E-state index in [4.69, 9.17) is 9.47 Å². The number of nitrogens with zero attached hydrogens (tertiary/aromatic N) is 2. The summed E-state index contributed by atoms with van der Waals surface area (Å²) in [5, 5.41) is 5.66. The summed E-state index contributed by atoms with van der Waals surface area (Å²) < 4.78 is 51.8. The summed E-state index contributed by atoms with van der Waals surface area (Å²) in [5.41, 5.74) is 0.0631. The van der Waals surface area contributed by atoms with Gasteiger partial charge in [0.15, 0.2) is 0 Å². The minimum atomic E-state index is -4.62. The quantitative estimate of drug-likeness (QED) is 0.388. The van der Waals surface area contributed by atoms with Crippen molar-refractivity contribution in [3.05, 3.63) is 60.3 Å². The molecule has 1 atom stereocenters. The smallest absolute Gasteiger partial charge is 0.421 e. The molecule has 32 heavy (non-hydrogen) atoms. The van der Waals surface area contributed by atoms with Crippen LogP contribution in [-0.2, 0) is 6.18 Å². The van der Waals surface area contributed by atoms with E-state index < -0.39 is 11.7 Å². The Hall–Kier alpha value is -3.49. The van der Waals surface area contributed by atoms with Gasteiger partial charge >= 0.3 is 6.18 Å². The number of nitrogens with one attached hydrogen (secondary N) is 2. The van der Waals surface area contributed by atoms with E-state index in [1.54, 1.807) is 48.5 Å². The van der Waals surface area contributed by atoms with Crippen molar-refractivity contribution in [1.29, 1.82) is 0 Å². The van der Waals surface area contributed by atoms with E-state index in [0.29, 0.717) is 29.5 Å². The van der Waals surface area contributed by atoms with Gasteiger partial charge in [0.1, 0.15) is 22.9 Å². The van der Waals surface area contributed by atoms with Crippen molar-refractivity contribution in [2.75, 3.05) is 17.2 Å². The number of halogens is 3. The lowest BCUT2D eigenvalue weighted by molar-refractivity contribution is -0.137. The first-order valence-corrected chi connectivity index (χ1v) is 10.3. The van der Waals surface area contributed by atoms with Crippen molar-refractivity contribution < 1.29 is 22.6 Å². The number of benzene rings is 2. The SMILES string of the molecule is CCOc1ccc(Nc2ncc(C(F)(F)F)c(Nc3cccc(OC(C)CC)c3)n2)cc1. The topological polar surface area (TPSA) is 68.3 Å². The largest absolute Gasteiger partial charge is 0.494 e. The van der Waals surface area contributed by atoms with Crippen LogP contribution >= 0.6 is 0 Å². The van der Waals surface area contributed by atoms with E-state index in [1.165, 1.54) is 0 Å². The molecule has 0 bridgehead atoms. The van der Waals surface area contributed by atoms with Crippen molar-refractivity contribution >= 4 is 23.1 Å². The van der Waals surface area contributed by atoms with E-state index in [0.717, 1.165) is 12.6 Å². The molecule has 0 radical (unpaired) electrons. The maximum Gasteiger partial charge on any atom is 0.421 e. The first kappa shape index (κ1) is 23.2. The predicted molar refractivity (Wildman–Crippen MR) is 118 cm³/mol. The van der Waals surface area contributed by atoms with Crippen molar-refractivity contribution in [3.8, 4) is 11.5 Å². The van der Waals surface area contributed by atoms with Crippen molar-refractivity contribution in [1.82, 2.24) is 9.97 Å². The highest BCUT2D eigenvalue weighted by molar-refractivity contribution is 5.64. The highest BCUT2D eigenvalue weighted by Gasteiger charge is 2.35. The number of rotatable bonds is 9. The Bertz CT molecular complexity index is 1030. The van der Waals surface area contributed by atoms with Crippen LogP contribution in [0.5, 0.6) is 11.5 Å². The Morgan fingerprint density at radius 1 is 0.969 bits per heavy atom. The van der Waals surface area contributed by atoms with Crippen LogP contribution in [0.4, 0.5) is 36.3 Å². The van der Waals surface area contributed by atoms with E-state index in [9.17, 15) is 13.2 Å². The van der Waals surface area contributed by atoms with E-state index in [-0.39, 0.29) is 17.9 Å². The average molecular weight is 446 g/mol. The molecule has 0 amide bonds. The third-order valence-electron chi connectivity index (χ3n) is 4.52. The summed E-state index contributed by atoms with van der Waals surface area (Å²) in [7, 11) is 0. The first-order valence-electron chi connectivity index (χ1n) is 10.3. The molecule has 9 heteroatoms. The minimum absolute atomic E-state index is 0.0139. The second-order valence-corrected chi connectivity index (χ2v) is 7.03. The van der Waals surface area contributed by atoms with Gasteiger partial charge in [0.25, 0.3) is 0 Å². The van der Waals surface area contributed by atoms with Gasteiger partial charge in [0.05, 0.1) is 12.7 Å². The molecule has 3 aromatic rings. The highest BCUT2D eigenvalue weighted by atomic mass is 19.4. The molecule has 1 aromatic heterocycles. The molecule has 170 valence electrons. The first-order chi connectivity index (χ1) is 15.3. The van der Waals surface area contributed by atoms with E-state index in [2.05, 4.69) is 20.6 Å². The summed E-state index contributed by atoms with van der Waals surface area (Å²) in [6, 6.07) is 13.7. The summed E-state index contributed by atoms with van der Waals surface area (Å²) >= 11 is 0. The van der Waals surface area contributed by atoms with Gasteiger partial charge in [-0.25, -0.2) is 4.98 Å². The standard InChI is InChI=1S/C23H25F3N4O2/c1-4-15(3)32-19-8-6-7-17(13-19)28-21-20(23(24,25)26)14-27-22(30-21)29-16-9-11-18(12-10-16)31-5-2/h6-15H,4-5H2,1-3H3,(H2,27,28,29,30). The fourth-order valence-electron chi connectivity index (χ4n) is 2.77. The van der Waals surface area contributed by atoms with Gasteiger partial charge in [-0.1, -0.05) is 13.0 Å². The maximum absolute atomic E-state index is 13.5. The van der Waals surface area contributed by atoms with Crippen LogP contribution in [-0.4, -0.2) is 22.7 Å². The zero-order valence-electron chi connectivity index (χ0n) is 18.0. The van der Waals surface area contributed by atoms with Crippen LogP contribution in [0, 0.1) is 0 Å². The third kappa shape index (κ3) is 6.26. The van der Waals surface area contributed by atoms with Gasteiger partial charge in [-0.05, 0) is 56.7 Å². The van der Waals surface area contributed by atoms with Crippen LogP contribution in [0.25, 0.3) is 0 Å². The lowest BCUT2D eigenvalue weighted by Crippen LogP contribution is -2.13. The molecule has 1 unspecified atom stereocenters. The third-order valence-corrected chi connectivity index (χ3v) is 4.52. The Labute approximate surface area is 184 Å². The summed E-state index contributed by atoms with van der Waals surface area (Å²) in [6.07, 6.45) is -3.07. The molecule has 2 aromatic carbocycles. The Kier molecular flexibility index (Phi) is 7.40. The van der Waals surface area contributed by atoms with Crippen LogP contribution in [0.1, 0.15) is 32.8 Å². The van der Waals surface area contributed by atoms with Gasteiger partial charge in [0.2, 0.25) is 5.95 Å². The average Bonchev–Trinajstić information content (AvgIpc) is 2.75. The van der Waals surface area contributed by atoms with Crippen molar-refractivity contribution in [2.24, 2.45) is 0 Å². The molecule has 3 rings (SSSR count). The molecular formula is C23H25F3N4O2. The number of hydrogen-bond donors (Lipinski definition) is 2. The molecule has 0 saturated carbocycles. The van der Waals surface area contributed by atoms with Gasteiger partial charge in [0, 0.05) is 23.6 Å². The lowest BCUT2D eigenvalue weighted by Gasteiger charge is -2.16. The number of ether oxygens (including phenoxy) is 2. The van der Waals surface area contributed by atoms with Crippen LogP contribution in [0.2, 0.25) is 0 Å². The summed E-state index contributed by atoms with van der Waals surface area (Å²) in [4.78, 5) is 7.90. The fourth-order valence-corrected chi connectivity index (χ4v) is 2.77. The molecule has 0 spiro atoms. The Morgan fingerprint density at radius 3 is 2.38 bits per heavy atom. The minimum Gasteiger partial charge on any atom is -0.494 e. The molecule has 1 heterocycles. The van der Waals surface area contributed by atoms with Crippen LogP contribution in [0.3, 0.4) is 0 Å². The Morgan fingerprint density at radius 2 is 1.72 bits per heavy atom. The molecule has 0 fully saturated rings. The fraction of sp³-hybridized carbons (Fsp3) is 0.304. The van der Waals surface area contributed by atoms with Gasteiger partial charge in [-0.2, -0.15) is 18.2 Å². The lowest BCUT2D eigenvalue weighted by atomic mass is 10.2. The number of aromatic nitrogens is 2. The predicted octanol–water partition coefficient (Wildman–Crippen LogP) is 6.56. The molecule has 6 nitrogen and oxygen atoms in total. The number of alkyl halides is 3. The Balaban J connectivity index is 1.86. The molecule has 0 aliphatic rings. The molecule has 2 N–H and O–H groups in total. The highest BCUT2D eigenvalue weighted by Crippen LogP contribution is 2.36. The van der Waals surface area contributed by atoms with Crippen molar-refractivity contribution in [3.63, 3.8) is 0 Å². The summed E-state index contributed by atoms with van der Waals surface area (Å²) in [6.45, 7) is 6.32. The van der Waals surface area contributed by atoms with Gasteiger partial charge < -0.3 is 20.1 Å². The maximum atomic E-state index is 13.5. The zero-order valence-corrected chi connectivity index (χ0v) is 18.0. The molecular weight excluding hydrogens is 421 g/mol. The number of hydrogen-bond acceptors (Lipinski definition) is 6. The van der Waals surface area contributed by atoms with E-state index >= 15 is 0 Å². The van der Waals surface area contributed by atoms with Crippen LogP contribution in [0.15, 0.2) is 54.7 Å². The van der Waals surface area contributed by atoms with E-state index in [1.807, 2.05) is 20.8 Å². The van der Waals surface area contributed by atoms with Gasteiger partial charge in [-0.3, -0.25) is 0 Å². The zero-order chi connectivity index (χ0) is 23.1. The van der Waals surface area contributed by atoms with Crippen LogP contribution < -0.4 is 20.1 Å². The van der Waals surface area contributed by atoms with Gasteiger partial charge in [-0.15, -0.1) is 0 Å². The summed E-state index contributed by atoms with van der Waals surface area (Å²) in [5.74, 6) is 0.909.